The van der Waals surface area contributed by atoms with Crippen LogP contribution in [0.2, 0.25) is 0 Å². The van der Waals surface area contributed by atoms with E-state index in [1.54, 1.807) is 4.90 Å². The van der Waals surface area contributed by atoms with E-state index < -0.39 is 0 Å². The molecule has 10 nitrogen and oxygen atoms in total. The SMILES string of the molecule is Cc1nc(CN2C(=O)CN(CC3=CCC=CC=C3)/C(N3CCCC(N)C3)=N\CN3CCN=C32)nc2ccccc12. The Labute approximate surface area is 235 Å². The third kappa shape index (κ3) is 5.62. The van der Waals surface area contributed by atoms with Crippen molar-refractivity contribution < 1.29 is 4.79 Å². The number of piperidine rings is 1. The average molecular weight is 540 g/mol. The summed E-state index contributed by atoms with van der Waals surface area (Å²) in [5, 5.41) is 1.02. The molecular formula is C30H37N9O. The smallest absolute Gasteiger partial charge is 0.249 e. The standard InChI is InChI=1S/C30H37N9O/c1-22-25-12-6-7-13-26(25)35-27(34-22)19-39-28(40)20-38(17-23-9-4-2-3-5-10-23)29(36-15-8-11-24(31)18-36)33-21-37-16-14-32-30(37)39/h2-4,6-7,9-10,12-13,24H,5,8,11,14-21,31H2,1H3/b33-29-. The molecule has 1 amide bonds. The highest BCUT2D eigenvalue weighted by molar-refractivity contribution is 6.00. The number of para-hydroxylation sites is 1. The van der Waals surface area contributed by atoms with Crippen molar-refractivity contribution >= 4 is 28.7 Å². The Morgan fingerprint density at radius 1 is 1.02 bits per heavy atom. The van der Waals surface area contributed by atoms with Gasteiger partial charge in [0, 0.05) is 43.3 Å². The van der Waals surface area contributed by atoms with Gasteiger partial charge in [0.05, 0.1) is 18.6 Å². The lowest BCUT2D eigenvalue weighted by Gasteiger charge is -2.38. The number of aryl methyl sites for hydroxylation is 1. The molecule has 0 spiro atoms. The van der Waals surface area contributed by atoms with Gasteiger partial charge in [0.15, 0.2) is 5.96 Å². The third-order valence-corrected chi connectivity index (χ3v) is 7.77. The number of nitrogens with two attached hydrogens (primary N) is 1. The van der Waals surface area contributed by atoms with Crippen molar-refractivity contribution in [3.05, 3.63) is 71.7 Å². The summed E-state index contributed by atoms with van der Waals surface area (Å²) in [7, 11) is 0. The van der Waals surface area contributed by atoms with E-state index in [2.05, 4.69) is 45.1 Å². The molecule has 1 unspecified atom stereocenters. The highest BCUT2D eigenvalue weighted by Crippen LogP contribution is 2.20. The first kappa shape index (κ1) is 26.2. The van der Waals surface area contributed by atoms with E-state index in [0.717, 1.165) is 60.5 Å². The largest absolute Gasteiger partial charge is 0.341 e. The first-order chi connectivity index (χ1) is 19.5. The monoisotopic (exact) mass is 539 g/mol. The molecule has 4 heterocycles. The van der Waals surface area contributed by atoms with Gasteiger partial charge in [-0.25, -0.2) is 15.0 Å². The number of aromatic nitrogens is 2. The van der Waals surface area contributed by atoms with E-state index in [0.29, 0.717) is 38.1 Å². The molecule has 1 fully saturated rings. The van der Waals surface area contributed by atoms with Crippen molar-refractivity contribution in [3.8, 4) is 0 Å². The van der Waals surface area contributed by atoms with Gasteiger partial charge in [0.25, 0.3) is 0 Å². The molecule has 1 aromatic carbocycles. The second-order valence-electron chi connectivity index (χ2n) is 10.8. The number of fused-ring (bicyclic) bond motifs is 2. The molecule has 1 aromatic heterocycles. The number of rotatable bonds is 4. The molecular weight excluding hydrogens is 502 g/mol. The first-order valence-electron chi connectivity index (χ1n) is 14.2. The summed E-state index contributed by atoms with van der Waals surface area (Å²) in [6.07, 6.45) is 13.5. The van der Waals surface area contributed by atoms with E-state index in [1.165, 1.54) is 0 Å². The number of hydrogen-bond acceptors (Lipinski definition) is 9. The van der Waals surface area contributed by atoms with Crippen LogP contribution in [0, 0.1) is 6.92 Å². The van der Waals surface area contributed by atoms with Crippen molar-refractivity contribution in [2.75, 3.05) is 45.9 Å². The fourth-order valence-corrected chi connectivity index (χ4v) is 5.79. The van der Waals surface area contributed by atoms with Gasteiger partial charge in [-0.2, -0.15) is 0 Å². The molecule has 1 atom stereocenters. The number of allylic oxidation sites excluding steroid dienone is 4. The molecule has 2 N–H and O–H groups in total. The van der Waals surface area contributed by atoms with Crippen molar-refractivity contribution in [2.45, 2.75) is 38.8 Å². The zero-order valence-electron chi connectivity index (χ0n) is 23.1. The molecule has 208 valence electrons. The van der Waals surface area contributed by atoms with Crippen LogP contribution < -0.4 is 5.73 Å². The minimum atomic E-state index is -0.0488. The maximum absolute atomic E-state index is 14.2. The summed E-state index contributed by atoms with van der Waals surface area (Å²) in [5.74, 6) is 2.04. The van der Waals surface area contributed by atoms with Crippen LogP contribution in [0.15, 0.2) is 70.2 Å². The van der Waals surface area contributed by atoms with Gasteiger partial charge in [0.2, 0.25) is 11.9 Å². The minimum Gasteiger partial charge on any atom is -0.341 e. The molecule has 3 aliphatic heterocycles. The topological polar surface area (TPSA) is 107 Å². The van der Waals surface area contributed by atoms with Gasteiger partial charge in [-0.1, -0.05) is 48.6 Å². The summed E-state index contributed by atoms with van der Waals surface area (Å²) in [6.45, 7) is 6.37. The summed E-state index contributed by atoms with van der Waals surface area (Å²) < 4.78 is 0. The van der Waals surface area contributed by atoms with E-state index in [-0.39, 0.29) is 25.0 Å². The van der Waals surface area contributed by atoms with Crippen LogP contribution in [0.25, 0.3) is 10.9 Å². The van der Waals surface area contributed by atoms with Gasteiger partial charge in [0.1, 0.15) is 19.0 Å². The van der Waals surface area contributed by atoms with Crippen molar-refractivity contribution in [1.29, 1.82) is 0 Å². The van der Waals surface area contributed by atoms with Gasteiger partial charge < -0.3 is 20.4 Å². The zero-order chi connectivity index (χ0) is 27.5. The summed E-state index contributed by atoms with van der Waals surface area (Å²) in [6, 6.07) is 8.07. The molecule has 1 aliphatic carbocycles. The van der Waals surface area contributed by atoms with Crippen LogP contribution in [0.1, 0.15) is 30.8 Å². The first-order valence-corrected chi connectivity index (χ1v) is 14.2. The molecule has 1 saturated heterocycles. The van der Waals surface area contributed by atoms with Crippen molar-refractivity contribution in [2.24, 2.45) is 15.7 Å². The van der Waals surface area contributed by atoms with Crippen LogP contribution >= 0.6 is 0 Å². The number of amides is 1. The predicted molar refractivity (Wildman–Crippen MR) is 157 cm³/mol. The summed E-state index contributed by atoms with van der Waals surface area (Å²) in [5.41, 5.74) is 9.32. The average Bonchev–Trinajstić information content (AvgIpc) is 3.27. The Morgan fingerprint density at radius 2 is 1.93 bits per heavy atom. The molecule has 2 aromatic rings. The summed E-state index contributed by atoms with van der Waals surface area (Å²) >= 11 is 0. The van der Waals surface area contributed by atoms with E-state index in [9.17, 15) is 4.79 Å². The molecule has 40 heavy (non-hydrogen) atoms. The van der Waals surface area contributed by atoms with Crippen LogP contribution in [0.4, 0.5) is 0 Å². The van der Waals surface area contributed by atoms with Crippen LogP contribution in [0.3, 0.4) is 0 Å². The fourth-order valence-electron chi connectivity index (χ4n) is 5.79. The second kappa shape index (κ2) is 11.6. The van der Waals surface area contributed by atoms with Crippen LogP contribution in [-0.2, 0) is 11.3 Å². The number of nitrogens with zero attached hydrogens (tertiary/aromatic N) is 8. The number of likely N-dealkylation sites (tertiary alicyclic amines) is 1. The van der Waals surface area contributed by atoms with Gasteiger partial charge in [-0.05, 0) is 37.8 Å². The quantitative estimate of drug-likeness (QED) is 0.636. The number of benzene rings is 1. The summed E-state index contributed by atoms with van der Waals surface area (Å²) in [4.78, 5) is 41.9. The lowest BCUT2D eigenvalue weighted by Crippen LogP contribution is -2.54. The predicted octanol–water partition coefficient (Wildman–Crippen LogP) is 2.43. The second-order valence-corrected chi connectivity index (χ2v) is 10.8. The Hall–Kier alpha value is -4.05. The lowest BCUT2D eigenvalue weighted by molar-refractivity contribution is -0.128. The maximum Gasteiger partial charge on any atom is 0.249 e. The van der Waals surface area contributed by atoms with Gasteiger partial charge >= 0.3 is 0 Å². The van der Waals surface area contributed by atoms with E-state index >= 15 is 0 Å². The Balaban J connectivity index is 1.34. The van der Waals surface area contributed by atoms with Crippen molar-refractivity contribution in [3.63, 3.8) is 0 Å². The zero-order valence-corrected chi connectivity index (χ0v) is 23.1. The lowest BCUT2D eigenvalue weighted by atomic mass is 10.1. The molecule has 4 aliphatic rings. The van der Waals surface area contributed by atoms with E-state index in [4.69, 9.17) is 25.7 Å². The fraction of sp³-hybridized carbons (Fsp3) is 0.433. The number of carbonyl (C=O) groups excluding carboxylic acids is 1. The number of carbonyl (C=O) groups is 1. The maximum atomic E-state index is 14.2. The van der Waals surface area contributed by atoms with E-state index in [1.807, 2.05) is 31.2 Å². The molecule has 6 rings (SSSR count). The van der Waals surface area contributed by atoms with Crippen molar-refractivity contribution in [1.82, 2.24) is 29.6 Å². The number of aliphatic imine (C=N–C) groups is 2. The minimum absolute atomic E-state index is 0.0488. The van der Waals surface area contributed by atoms with Gasteiger partial charge in [-0.15, -0.1) is 0 Å². The molecule has 0 radical (unpaired) electrons. The number of guanidine groups is 2. The Morgan fingerprint density at radius 3 is 2.83 bits per heavy atom. The highest BCUT2D eigenvalue weighted by Gasteiger charge is 2.34. The highest BCUT2D eigenvalue weighted by atomic mass is 16.2. The Bertz CT molecular complexity index is 1430. The van der Waals surface area contributed by atoms with Crippen LogP contribution in [-0.4, -0.2) is 99.4 Å². The van der Waals surface area contributed by atoms with Crippen LogP contribution in [0.5, 0.6) is 0 Å². The molecule has 10 heteroatoms. The van der Waals surface area contributed by atoms with Gasteiger partial charge in [-0.3, -0.25) is 14.7 Å². The normalized spacial score (nSPS) is 23.2. The molecule has 0 saturated carbocycles. The third-order valence-electron chi connectivity index (χ3n) is 7.77. The molecule has 0 bridgehead atoms. The Kier molecular flexibility index (Phi) is 7.59. The number of hydrogen-bond donors (Lipinski definition) is 1.